The average Bonchev–Trinajstić information content (AvgIpc) is 2.67. The van der Waals surface area contributed by atoms with Crippen molar-refractivity contribution in [1.29, 1.82) is 0 Å². The number of aryl methyl sites for hydroxylation is 2. The van der Waals surface area contributed by atoms with Crippen molar-refractivity contribution in [2.45, 2.75) is 20.8 Å². The van der Waals surface area contributed by atoms with Gasteiger partial charge >= 0.3 is 0 Å². The second-order valence-corrected chi connectivity index (χ2v) is 6.34. The van der Waals surface area contributed by atoms with Crippen LogP contribution >= 0.6 is 0 Å². The molecule has 2 aromatic rings. The molecule has 0 atom stereocenters. The van der Waals surface area contributed by atoms with Crippen LogP contribution in [-0.4, -0.2) is 39.7 Å². The van der Waals surface area contributed by atoms with Gasteiger partial charge in [-0.1, -0.05) is 6.07 Å². The van der Waals surface area contributed by atoms with Gasteiger partial charge in [-0.3, -0.25) is 9.59 Å². The molecule has 0 aliphatic rings. The van der Waals surface area contributed by atoms with E-state index in [4.69, 9.17) is 14.2 Å². The van der Waals surface area contributed by atoms with Gasteiger partial charge in [0.2, 0.25) is 17.6 Å². The molecule has 0 radical (unpaired) electrons. The van der Waals surface area contributed by atoms with Gasteiger partial charge in [0, 0.05) is 24.7 Å². The molecular weight excluding hydrogens is 360 g/mol. The molecule has 7 heteroatoms. The van der Waals surface area contributed by atoms with Crippen LogP contribution in [0, 0.1) is 13.8 Å². The Bertz CT molecular complexity index is 854. The van der Waals surface area contributed by atoms with E-state index in [1.807, 2.05) is 32.0 Å². The topological polar surface area (TPSA) is 77.1 Å². The van der Waals surface area contributed by atoms with Crippen molar-refractivity contribution in [3.63, 3.8) is 0 Å². The number of rotatable bonds is 7. The minimum atomic E-state index is -0.313. The number of anilines is 2. The highest BCUT2D eigenvalue weighted by atomic mass is 16.5. The summed E-state index contributed by atoms with van der Waals surface area (Å²) < 4.78 is 16.0. The van der Waals surface area contributed by atoms with Crippen molar-refractivity contribution in [3.8, 4) is 17.2 Å². The Labute approximate surface area is 165 Å². The molecule has 0 aliphatic heterocycles. The summed E-state index contributed by atoms with van der Waals surface area (Å²) in [4.78, 5) is 26.1. The highest BCUT2D eigenvalue weighted by Gasteiger charge is 2.21. The smallest absolute Gasteiger partial charge is 0.244 e. The summed E-state index contributed by atoms with van der Waals surface area (Å²) in [6, 6.07) is 8.92. The number of methoxy groups -OCH3 is 3. The summed E-state index contributed by atoms with van der Waals surface area (Å²) in [6.45, 7) is 5.22. The minimum Gasteiger partial charge on any atom is -0.493 e. The molecule has 0 spiro atoms. The van der Waals surface area contributed by atoms with Gasteiger partial charge in [-0.25, -0.2) is 0 Å². The zero-order valence-corrected chi connectivity index (χ0v) is 17.1. The van der Waals surface area contributed by atoms with Crippen LogP contribution in [0.2, 0.25) is 0 Å². The van der Waals surface area contributed by atoms with Gasteiger partial charge in [-0.05, 0) is 37.1 Å². The molecule has 2 amide bonds. The second kappa shape index (κ2) is 9.12. The normalized spacial score (nSPS) is 10.2. The van der Waals surface area contributed by atoms with Crippen LogP contribution in [0.1, 0.15) is 18.1 Å². The van der Waals surface area contributed by atoms with Crippen molar-refractivity contribution >= 4 is 23.2 Å². The number of carbonyl (C=O) groups excluding carboxylic acids is 2. The third-order valence-electron chi connectivity index (χ3n) is 4.43. The molecule has 0 aromatic heterocycles. The lowest BCUT2D eigenvalue weighted by molar-refractivity contribution is -0.120. The Kier molecular flexibility index (Phi) is 6.87. The highest BCUT2D eigenvalue weighted by Crippen LogP contribution is 2.41. The van der Waals surface area contributed by atoms with E-state index in [0.717, 1.165) is 11.1 Å². The maximum Gasteiger partial charge on any atom is 0.244 e. The first-order chi connectivity index (χ1) is 13.3. The van der Waals surface area contributed by atoms with Crippen LogP contribution in [-0.2, 0) is 9.59 Å². The van der Waals surface area contributed by atoms with E-state index in [0.29, 0.717) is 28.6 Å². The highest BCUT2D eigenvalue weighted by molar-refractivity contribution is 6.02. The Morgan fingerprint density at radius 1 is 0.929 bits per heavy atom. The number of hydrogen-bond donors (Lipinski definition) is 1. The van der Waals surface area contributed by atoms with Crippen LogP contribution in [0.15, 0.2) is 30.3 Å². The van der Waals surface area contributed by atoms with E-state index in [2.05, 4.69) is 5.32 Å². The Hall–Kier alpha value is -3.22. The molecule has 7 nitrogen and oxygen atoms in total. The van der Waals surface area contributed by atoms with E-state index in [-0.39, 0.29) is 18.4 Å². The fraction of sp³-hybridized carbons (Fsp3) is 0.333. The van der Waals surface area contributed by atoms with Crippen LogP contribution in [0.3, 0.4) is 0 Å². The third kappa shape index (κ3) is 4.73. The van der Waals surface area contributed by atoms with Crippen LogP contribution in [0.25, 0.3) is 0 Å². The number of nitrogens with zero attached hydrogens (tertiary/aromatic N) is 1. The fourth-order valence-corrected chi connectivity index (χ4v) is 2.77. The standard InChI is InChI=1S/C21H26N2O5/c1-13-7-8-16(9-14(13)2)22-20(25)12-23(15(3)24)17-10-18(26-4)21(28-6)19(11-17)27-5/h7-11H,12H2,1-6H3,(H,22,25). The first-order valence-corrected chi connectivity index (χ1v) is 8.76. The fourth-order valence-electron chi connectivity index (χ4n) is 2.77. The quantitative estimate of drug-likeness (QED) is 0.790. The molecule has 0 fully saturated rings. The van der Waals surface area contributed by atoms with Crippen LogP contribution < -0.4 is 24.4 Å². The number of ether oxygens (including phenoxy) is 3. The molecule has 2 aromatic carbocycles. The molecule has 0 saturated carbocycles. The van der Waals surface area contributed by atoms with Crippen LogP contribution in [0.5, 0.6) is 17.2 Å². The molecule has 0 heterocycles. The lowest BCUT2D eigenvalue weighted by Crippen LogP contribution is -2.36. The first kappa shape index (κ1) is 21.1. The van der Waals surface area contributed by atoms with Crippen molar-refractivity contribution in [2.24, 2.45) is 0 Å². The average molecular weight is 386 g/mol. The zero-order chi connectivity index (χ0) is 20.8. The molecule has 0 unspecified atom stereocenters. The summed E-state index contributed by atoms with van der Waals surface area (Å²) in [7, 11) is 4.48. The number of carbonyl (C=O) groups is 2. The molecular formula is C21H26N2O5. The minimum absolute atomic E-state index is 0.152. The summed E-state index contributed by atoms with van der Waals surface area (Å²) in [5.74, 6) is 0.615. The maximum atomic E-state index is 12.5. The number of benzene rings is 2. The summed E-state index contributed by atoms with van der Waals surface area (Å²) in [6.07, 6.45) is 0. The molecule has 28 heavy (non-hydrogen) atoms. The SMILES string of the molecule is COc1cc(N(CC(=O)Nc2ccc(C)c(C)c2)C(C)=O)cc(OC)c1OC. The maximum absolute atomic E-state index is 12.5. The molecule has 1 N–H and O–H groups in total. The lowest BCUT2D eigenvalue weighted by Gasteiger charge is -2.23. The van der Waals surface area contributed by atoms with E-state index in [9.17, 15) is 9.59 Å². The van der Waals surface area contributed by atoms with Crippen LogP contribution in [0.4, 0.5) is 11.4 Å². The molecule has 0 aliphatic carbocycles. The molecule has 150 valence electrons. The largest absolute Gasteiger partial charge is 0.493 e. The Morgan fingerprint density at radius 3 is 2.00 bits per heavy atom. The van der Waals surface area contributed by atoms with Gasteiger partial charge in [-0.15, -0.1) is 0 Å². The van der Waals surface area contributed by atoms with E-state index in [1.54, 1.807) is 12.1 Å². The Balaban J connectivity index is 2.29. The predicted octanol–water partition coefficient (Wildman–Crippen LogP) is 3.32. The third-order valence-corrected chi connectivity index (χ3v) is 4.43. The van der Waals surface area contributed by atoms with Crippen molar-refractivity contribution in [1.82, 2.24) is 0 Å². The summed E-state index contributed by atoms with van der Waals surface area (Å²) >= 11 is 0. The predicted molar refractivity (Wildman–Crippen MR) is 109 cm³/mol. The molecule has 0 bridgehead atoms. The van der Waals surface area contributed by atoms with E-state index < -0.39 is 0 Å². The monoisotopic (exact) mass is 386 g/mol. The summed E-state index contributed by atoms with van der Waals surface area (Å²) in [5.41, 5.74) is 3.37. The summed E-state index contributed by atoms with van der Waals surface area (Å²) in [5, 5.41) is 2.82. The van der Waals surface area contributed by atoms with Crippen molar-refractivity contribution in [3.05, 3.63) is 41.5 Å². The van der Waals surface area contributed by atoms with Gasteiger partial charge in [-0.2, -0.15) is 0 Å². The zero-order valence-electron chi connectivity index (χ0n) is 17.1. The van der Waals surface area contributed by atoms with Crippen molar-refractivity contribution < 1.29 is 23.8 Å². The van der Waals surface area contributed by atoms with E-state index >= 15 is 0 Å². The van der Waals surface area contributed by atoms with Gasteiger partial charge in [0.1, 0.15) is 6.54 Å². The first-order valence-electron chi connectivity index (χ1n) is 8.76. The second-order valence-electron chi connectivity index (χ2n) is 6.34. The number of nitrogens with one attached hydrogen (secondary N) is 1. The number of amides is 2. The Morgan fingerprint density at radius 2 is 1.54 bits per heavy atom. The number of hydrogen-bond acceptors (Lipinski definition) is 5. The van der Waals surface area contributed by atoms with Gasteiger partial charge in [0.15, 0.2) is 11.5 Å². The van der Waals surface area contributed by atoms with Gasteiger partial charge in [0.25, 0.3) is 0 Å². The molecule has 0 saturated heterocycles. The van der Waals surface area contributed by atoms with Gasteiger partial charge < -0.3 is 24.4 Å². The van der Waals surface area contributed by atoms with Gasteiger partial charge in [0.05, 0.1) is 27.0 Å². The lowest BCUT2D eigenvalue weighted by atomic mass is 10.1. The molecule has 2 rings (SSSR count). The van der Waals surface area contributed by atoms with E-state index in [1.165, 1.54) is 33.2 Å². The van der Waals surface area contributed by atoms with Crippen molar-refractivity contribution in [2.75, 3.05) is 38.1 Å².